The number of alkyl halides is 2. The molecule has 0 spiro atoms. The first kappa shape index (κ1) is 22.0. The van der Waals surface area contributed by atoms with E-state index in [2.05, 4.69) is 26.5 Å². The van der Waals surface area contributed by atoms with Crippen molar-refractivity contribution in [2.75, 3.05) is 0 Å². The highest BCUT2D eigenvalue weighted by Crippen LogP contribution is 2.33. The van der Waals surface area contributed by atoms with E-state index in [0.717, 1.165) is 17.2 Å². The monoisotopic (exact) mass is 446 g/mol. The molecule has 4 rings (SSSR count). The summed E-state index contributed by atoms with van der Waals surface area (Å²) in [6.45, 7) is 2.02. The second-order valence-corrected chi connectivity index (χ2v) is 7.77. The zero-order chi connectivity index (χ0) is 23.5. The lowest BCUT2D eigenvalue weighted by atomic mass is 9.83. The van der Waals surface area contributed by atoms with Crippen molar-refractivity contribution >= 4 is 5.91 Å². The number of nitrogens with zero attached hydrogens (tertiary/aromatic N) is 5. The van der Waals surface area contributed by atoms with Gasteiger partial charge in [-0.1, -0.05) is 19.1 Å². The van der Waals surface area contributed by atoms with Crippen LogP contribution in [-0.4, -0.2) is 25.7 Å². The Hall–Kier alpha value is -4.19. The van der Waals surface area contributed by atoms with Gasteiger partial charge in [0.25, 0.3) is 12.3 Å². The molecule has 1 aliphatic carbocycles. The third kappa shape index (κ3) is 4.70. The Morgan fingerprint density at radius 2 is 2.09 bits per heavy atom. The van der Waals surface area contributed by atoms with Crippen LogP contribution >= 0.6 is 0 Å². The molecule has 1 amide bonds. The summed E-state index contributed by atoms with van der Waals surface area (Å²) in [5.74, 6) is -0.553. The van der Waals surface area contributed by atoms with Crippen LogP contribution in [0.4, 0.5) is 8.78 Å². The van der Waals surface area contributed by atoms with Crippen LogP contribution < -0.4 is 5.32 Å². The van der Waals surface area contributed by atoms with Crippen LogP contribution in [0.25, 0.3) is 11.3 Å². The second kappa shape index (κ2) is 9.12. The van der Waals surface area contributed by atoms with Gasteiger partial charge in [-0.25, -0.2) is 8.78 Å². The highest BCUT2D eigenvalue weighted by atomic mass is 19.3. The molecule has 0 saturated heterocycles. The van der Waals surface area contributed by atoms with Crippen molar-refractivity contribution in [2.45, 2.75) is 19.3 Å². The molecule has 3 aromatic heterocycles. The van der Waals surface area contributed by atoms with E-state index in [0.29, 0.717) is 17.0 Å². The summed E-state index contributed by atoms with van der Waals surface area (Å²) < 4.78 is 27.4. The fourth-order valence-corrected chi connectivity index (χ4v) is 3.69. The van der Waals surface area contributed by atoms with Crippen molar-refractivity contribution in [3.63, 3.8) is 0 Å². The number of carbonyl (C=O) groups is 1. The molecule has 0 bridgehead atoms. The van der Waals surface area contributed by atoms with Crippen LogP contribution in [0.1, 0.15) is 46.4 Å². The molecule has 0 fully saturated rings. The van der Waals surface area contributed by atoms with E-state index >= 15 is 0 Å². The number of hydrogen-bond donors (Lipinski definition) is 1. The normalized spacial score (nSPS) is 17.5. The van der Waals surface area contributed by atoms with E-state index in [1.54, 1.807) is 42.5 Å². The van der Waals surface area contributed by atoms with Gasteiger partial charge in [0, 0.05) is 48.4 Å². The molecule has 0 saturated carbocycles. The molecule has 0 aromatic carbocycles. The zero-order valence-electron chi connectivity index (χ0n) is 17.9. The minimum Gasteiger partial charge on any atom is -0.322 e. The van der Waals surface area contributed by atoms with E-state index in [4.69, 9.17) is 0 Å². The van der Waals surface area contributed by atoms with Gasteiger partial charge in [-0.05, 0) is 35.8 Å². The molecule has 3 aromatic rings. The number of hydrogen-bond acceptors (Lipinski definition) is 5. The number of amides is 1. The van der Waals surface area contributed by atoms with Crippen LogP contribution in [-0.2, 0) is 7.05 Å². The molecule has 1 unspecified atom stereocenters. The second-order valence-electron chi connectivity index (χ2n) is 7.77. The fraction of sp³-hybridized carbons (Fsp3) is 0.208. The minimum atomic E-state index is -2.76. The highest BCUT2D eigenvalue weighted by molar-refractivity contribution is 5.95. The predicted molar refractivity (Wildman–Crippen MR) is 117 cm³/mol. The Kier molecular flexibility index (Phi) is 6.09. The van der Waals surface area contributed by atoms with Gasteiger partial charge in [0.2, 0.25) is 0 Å². The molecule has 7 nitrogen and oxygen atoms in total. The number of allylic oxidation sites excluding steroid dienone is 3. The van der Waals surface area contributed by atoms with Crippen LogP contribution in [0.3, 0.4) is 0 Å². The van der Waals surface area contributed by atoms with Crippen molar-refractivity contribution in [1.82, 2.24) is 25.1 Å². The molecule has 2 atom stereocenters. The van der Waals surface area contributed by atoms with E-state index in [1.807, 2.05) is 19.1 Å². The van der Waals surface area contributed by atoms with Crippen molar-refractivity contribution in [3.8, 4) is 17.3 Å². The zero-order valence-corrected chi connectivity index (χ0v) is 17.9. The first-order valence-electron chi connectivity index (χ1n) is 10.2. The Morgan fingerprint density at radius 3 is 2.79 bits per heavy atom. The molecular weight excluding hydrogens is 426 g/mol. The Balaban J connectivity index is 1.59. The van der Waals surface area contributed by atoms with E-state index in [-0.39, 0.29) is 17.4 Å². The van der Waals surface area contributed by atoms with Crippen LogP contribution in [0, 0.1) is 17.2 Å². The summed E-state index contributed by atoms with van der Waals surface area (Å²) in [6.07, 6.45) is 9.19. The molecule has 33 heavy (non-hydrogen) atoms. The first-order valence-corrected chi connectivity index (χ1v) is 10.2. The lowest BCUT2D eigenvalue weighted by Gasteiger charge is -2.24. The first-order chi connectivity index (χ1) is 15.9. The van der Waals surface area contributed by atoms with Gasteiger partial charge in [-0.2, -0.15) is 10.4 Å². The number of aromatic nitrogens is 4. The average molecular weight is 446 g/mol. The number of pyridine rings is 2. The molecule has 0 radical (unpaired) electrons. The number of nitriles is 1. The Labute approximate surface area is 189 Å². The largest absolute Gasteiger partial charge is 0.322 e. The number of rotatable bonds is 5. The van der Waals surface area contributed by atoms with Gasteiger partial charge < -0.3 is 5.32 Å². The molecule has 3 heterocycles. The lowest BCUT2D eigenvalue weighted by molar-refractivity contribution is 0.0966. The minimum absolute atomic E-state index is 0.0922. The van der Waals surface area contributed by atoms with Gasteiger partial charge in [0.15, 0.2) is 0 Å². The average Bonchev–Trinajstić information content (AvgIpc) is 3.26. The molecule has 9 heteroatoms. The van der Waals surface area contributed by atoms with Crippen LogP contribution in [0.2, 0.25) is 0 Å². The summed E-state index contributed by atoms with van der Waals surface area (Å²) >= 11 is 0. The lowest BCUT2D eigenvalue weighted by Crippen LogP contribution is -2.25. The van der Waals surface area contributed by atoms with Gasteiger partial charge in [-0.15, -0.1) is 0 Å². The number of carbonyl (C=O) groups excluding carboxylic acids is 1. The van der Waals surface area contributed by atoms with Crippen molar-refractivity contribution < 1.29 is 13.6 Å². The SMILES string of the molecule is C[C@@H]1C=CC(NC(=O)c2ccnc(C(F)F)c2)=CC1c1cnc(-c2cnn(C)c2)c(C#N)c1. The van der Waals surface area contributed by atoms with Crippen molar-refractivity contribution in [2.24, 2.45) is 13.0 Å². The smallest absolute Gasteiger partial charge is 0.280 e. The van der Waals surface area contributed by atoms with Gasteiger partial charge >= 0.3 is 0 Å². The maximum atomic E-state index is 12.9. The van der Waals surface area contributed by atoms with Crippen molar-refractivity contribution in [3.05, 3.63) is 89.3 Å². The van der Waals surface area contributed by atoms with Crippen molar-refractivity contribution in [1.29, 1.82) is 5.26 Å². The molecule has 166 valence electrons. The van der Waals surface area contributed by atoms with E-state index in [1.165, 1.54) is 12.3 Å². The summed E-state index contributed by atoms with van der Waals surface area (Å²) in [7, 11) is 1.79. The predicted octanol–water partition coefficient (Wildman–Crippen LogP) is 4.29. The third-order valence-corrected chi connectivity index (χ3v) is 5.42. The molecule has 1 aliphatic rings. The summed E-state index contributed by atoms with van der Waals surface area (Å²) in [6, 6.07) is 6.46. The van der Waals surface area contributed by atoms with E-state index in [9.17, 15) is 18.8 Å². The standard InChI is InChI=1S/C24H20F2N6O/c1-14-3-4-19(31-24(33)15-5-6-28-21(8-15)23(25)26)9-20(14)17-7-16(10-27)22(29-11-17)18-12-30-32(2)13-18/h3-9,11-14,20,23H,1-2H3,(H,31,33)/t14-,20?/m1/s1. The van der Waals surface area contributed by atoms with Gasteiger partial charge in [-0.3, -0.25) is 19.4 Å². The quantitative estimate of drug-likeness (QED) is 0.631. The summed E-state index contributed by atoms with van der Waals surface area (Å²) in [5.41, 5.74) is 2.74. The fourth-order valence-electron chi connectivity index (χ4n) is 3.69. The number of aryl methyl sites for hydroxylation is 1. The topological polar surface area (TPSA) is 96.5 Å². The highest BCUT2D eigenvalue weighted by Gasteiger charge is 2.22. The van der Waals surface area contributed by atoms with Gasteiger partial charge in [0.05, 0.1) is 17.5 Å². The van der Waals surface area contributed by atoms with Gasteiger partial charge in [0.1, 0.15) is 11.8 Å². The molecular formula is C24H20F2N6O. The third-order valence-electron chi connectivity index (χ3n) is 5.42. The van der Waals surface area contributed by atoms with Crippen LogP contribution in [0.15, 0.2) is 66.9 Å². The Bertz CT molecular complexity index is 1300. The maximum absolute atomic E-state index is 12.9. The maximum Gasteiger partial charge on any atom is 0.280 e. The van der Waals surface area contributed by atoms with E-state index < -0.39 is 18.0 Å². The molecule has 0 aliphatic heterocycles. The Morgan fingerprint density at radius 1 is 1.27 bits per heavy atom. The summed E-state index contributed by atoms with van der Waals surface area (Å²) in [5, 5.41) is 16.6. The van der Waals surface area contributed by atoms with Crippen LogP contribution in [0.5, 0.6) is 0 Å². The summed E-state index contributed by atoms with van der Waals surface area (Å²) in [4.78, 5) is 20.7. The number of nitrogens with one attached hydrogen (secondary N) is 1. The molecule has 1 N–H and O–H groups in total. The number of halogens is 2.